The molecule has 1 saturated carbocycles. The van der Waals surface area contributed by atoms with E-state index in [-0.39, 0.29) is 5.41 Å². The first-order chi connectivity index (χ1) is 27.7. The quantitative estimate of drug-likeness (QED) is 0.171. The van der Waals surface area contributed by atoms with Crippen LogP contribution in [0.5, 0.6) is 0 Å². The first-order valence-electron chi connectivity index (χ1n) is 20.8. The summed E-state index contributed by atoms with van der Waals surface area (Å²) in [6.07, 6.45) is 20.5. The van der Waals surface area contributed by atoms with Gasteiger partial charge in [-0.1, -0.05) is 116 Å². The minimum absolute atomic E-state index is 0.0952. The van der Waals surface area contributed by atoms with E-state index in [1.54, 1.807) is 16.7 Å². The molecular formula is C54H44N2. The van der Waals surface area contributed by atoms with Gasteiger partial charge in [0.2, 0.25) is 0 Å². The lowest BCUT2D eigenvalue weighted by Gasteiger charge is -2.38. The molecule has 2 heterocycles. The van der Waals surface area contributed by atoms with E-state index in [2.05, 4.69) is 167 Å². The van der Waals surface area contributed by atoms with Gasteiger partial charge in [0, 0.05) is 38.3 Å². The molecule has 0 unspecified atom stereocenters. The Morgan fingerprint density at radius 1 is 0.500 bits per heavy atom. The van der Waals surface area contributed by atoms with Gasteiger partial charge in [0.15, 0.2) is 0 Å². The Labute approximate surface area is 328 Å². The zero-order valence-corrected chi connectivity index (χ0v) is 31.8. The van der Waals surface area contributed by atoms with Crippen molar-refractivity contribution in [2.24, 2.45) is 0 Å². The van der Waals surface area contributed by atoms with Crippen molar-refractivity contribution in [2.45, 2.75) is 63.2 Å². The van der Waals surface area contributed by atoms with E-state index in [1.165, 1.54) is 115 Å². The van der Waals surface area contributed by atoms with Gasteiger partial charge in [-0.2, -0.15) is 0 Å². The Morgan fingerprint density at radius 2 is 1.14 bits per heavy atom. The standard InChI is InChI=1S/C54H44N2/c1-4-14-40(15-5-1)55-50-20-10-8-18-44(50)46-32-36(24-28-52(46)55)38-22-26-42-43-27-23-39(35-49(43)54(48(42)34-38)30-12-3-13-31-54)37-25-29-53-47(33-37)45-19-9-11-21-51(45)56(53)41-16-6-2-7-17-41/h1,4-6,8-11,14-22,24-26,28-29,32-35H,2-3,7,12-13,23,27,30-31H2. The van der Waals surface area contributed by atoms with Crippen molar-refractivity contribution >= 4 is 60.5 Å². The number of hydrogen-bond donors (Lipinski definition) is 0. The summed E-state index contributed by atoms with van der Waals surface area (Å²) in [4.78, 5) is 0. The van der Waals surface area contributed by atoms with Crippen LogP contribution < -0.4 is 0 Å². The lowest BCUT2D eigenvalue weighted by Crippen LogP contribution is -2.29. The minimum Gasteiger partial charge on any atom is -0.310 e. The van der Waals surface area contributed by atoms with Crippen LogP contribution in [0.4, 0.5) is 0 Å². The van der Waals surface area contributed by atoms with E-state index in [0.717, 1.165) is 25.7 Å². The molecule has 0 saturated heterocycles. The lowest BCUT2D eigenvalue weighted by molar-refractivity contribution is 0.350. The average Bonchev–Trinajstić information content (AvgIpc) is 3.87. The maximum absolute atomic E-state index is 2.65. The summed E-state index contributed by atoms with van der Waals surface area (Å²) in [7, 11) is 0. The van der Waals surface area contributed by atoms with Gasteiger partial charge in [0.1, 0.15) is 0 Å². The van der Waals surface area contributed by atoms with Crippen LogP contribution in [-0.2, 0) is 5.41 Å². The SMILES string of the molecule is C1=CC(n2c3ccccc3c3cc(C4=CC5=C(CC4)c4ccc(-c6ccc7c(c6)c6ccccc6n7-c6ccccc6)cc4C54CCCCC4)ccc32)=CCC1. The Morgan fingerprint density at radius 3 is 1.91 bits per heavy atom. The van der Waals surface area contributed by atoms with Crippen LogP contribution in [0.1, 0.15) is 74.5 Å². The van der Waals surface area contributed by atoms with Crippen LogP contribution in [0.15, 0.2) is 163 Å². The smallest absolute Gasteiger partial charge is 0.0541 e. The van der Waals surface area contributed by atoms with Crippen molar-refractivity contribution in [3.8, 4) is 16.8 Å². The summed E-state index contributed by atoms with van der Waals surface area (Å²) in [6.45, 7) is 0. The number of nitrogens with zero attached hydrogens (tertiary/aromatic N) is 2. The highest BCUT2D eigenvalue weighted by atomic mass is 15.0. The van der Waals surface area contributed by atoms with Crippen LogP contribution in [0, 0.1) is 0 Å². The predicted molar refractivity (Wildman–Crippen MR) is 237 cm³/mol. The molecule has 0 atom stereocenters. The van der Waals surface area contributed by atoms with Gasteiger partial charge in [-0.05, 0) is 144 Å². The molecule has 0 N–H and O–H groups in total. The molecular weight excluding hydrogens is 677 g/mol. The molecule has 2 nitrogen and oxygen atoms in total. The van der Waals surface area contributed by atoms with Crippen molar-refractivity contribution < 1.29 is 0 Å². The number of aromatic nitrogens is 2. The number of hydrogen-bond acceptors (Lipinski definition) is 0. The van der Waals surface area contributed by atoms with Gasteiger partial charge in [0.05, 0.1) is 22.1 Å². The molecule has 1 fully saturated rings. The van der Waals surface area contributed by atoms with Gasteiger partial charge >= 0.3 is 0 Å². The molecule has 4 aliphatic carbocycles. The molecule has 56 heavy (non-hydrogen) atoms. The molecule has 2 heteroatoms. The van der Waals surface area contributed by atoms with Crippen molar-refractivity contribution in [1.82, 2.24) is 9.13 Å². The molecule has 2 aromatic heterocycles. The van der Waals surface area contributed by atoms with Crippen molar-refractivity contribution in [3.63, 3.8) is 0 Å². The first kappa shape index (κ1) is 32.2. The number of allylic oxidation sites excluding steroid dienone is 8. The summed E-state index contributed by atoms with van der Waals surface area (Å²) in [5, 5.41) is 5.31. The first-order valence-corrected chi connectivity index (χ1v) is 20.8. The van der Waals surface area contributed by atoms with Gasteiger partial charge in [-0.25, -0.2) is 0 Å². The van der Waals surface area contributed by atoms with E-state index in [4.69, 9.17) is 0 Å². The monoisotopic (exact) mass is 720 g/mol. The van der Waals surface area contributed by atoms with E-state index in [0.29, 0.717) is 0 Å². The van der Waals surface area contributed by atoms with Crippen LogP contribution in [-0.4, -0.2) is 9.13 Å². The third kappa shape index (κ3) is 4.68. The largest absolute Gasteiger partial charge is 0.310 e. The van der Waals surface area contributed by atoms with Crippen molar-refractivity contribution in [3.05, 3.63) is 180 Å². The fourth-order valence-electron chi connectivity index (χ4n) is 11.1. The Bertz CT molecular complexity index is 3040. The normalized spacial score (nSPS) is 17.6. The summed E-state index contributed by atoms with van der Waals surface area (Å²) in [5.74, 6) is 0. The molecule has 0 aliphatic heterocycles. The Hall–Kier alpha value is -6.12. The summed E-state index contributed by atoms with van der Waals surface area (Å²) >= 11 is 0. The maximum atomic E-state index is 2.65. The molecule has 0 radical (unpaired) electrons. The van der Waals surface area contributed by atoms with Crippen LogP contribution >= 0.6 is 0 Å². The third-order valence-electron chi connectivity index (χ3n) is 13.7. The van der Waals surface area contributed by atoms with Crippen LogP contribution in [0.3, 0.4) is 0 Å². The Balaban J connectivity index is 0.961. The molecule has 270 valence electrons. The third-order valence-corrected chi connectivity index (χ3v) is 13.7. The number of rotatable bonds is 4. The van der Waals surface area contributed by atoms with E-state index >= 15 is 0 Å². The van der Waals surface area contributed by atoms with Crippen molar-refractivity contribution in [2.75, 3.05) is 0 Å². The lowest BCUT2D eigenvalue weighted by atomic mass is 9.65. The highest BCUT2D eigenvalue weighted by Gasteiger charge is 2.45. The highest BCUT2D eigenvalue weighted by molar-refractivity contribution is 6.12. The minimum atomic E-state index is 0.0952. The predicted octanol–water partition coefficient (Wildman–Crippen LogP) is 14.6. The maximum Gasteiger partial charge on any atom is 0.0541 e. The molecule has 6 aromatic carbocycles. The fraction of sp³-hybridized carbons (Fsp3) is 0.185. The average molecular weight is 721 g/mol. The second-order valence-electron chi connectivity index (χ2n) is 16.6. The van der Waals surface area contributed by atoms with Crippen LogP contribution in [0.25, 0.3) is 77.3 Å². The summed E-state index contributed by atoms with van der Waals surface area (Å²) in [6, 6.07) is 50.5. The zero-order chi connectivity index (χ0) is 36.8. The summed E-state index contributed by atoms with van der Waals surface area (Å²) < 4.78 is 4.89. The summed E-state index contributed by atoms with van der Waals surface area (Å²) in [5.41, 5.74) is 19.5. The number of para-hydroxylation sites is 3. The molecule has 12 rings (SSSR count). The van der Waals surface area contributed by atoms with Crippen LogP contribution in [0.2, 0.25) is 0 Å². The molecule has 8 aromatic rings. The highest BCUT2D eigenvalue weighted by Crippen LogP contribution is 2.58. The molecule has 1 spiro atoms. The zero-order valence-electron chi connectivity index (χ0n) is 31.8. The van der Waals surface area contributed by atoms with E-state index < -0.39 is 0 Å². The fourth-order valence-corrected chi connectivity index (χ4v) is 11.1. The van der Waals surface area contributed by atoms with Gasteiger partial charge in [-0.3, -0.25) is 0 Å². The van der Waals surface area contributed by atoms with Gasteiger partial charge < -0.3 is 9.13 Å². The second-order valence-corrected chi connectivity index (χ2v) is 16.6. The van der Waals surface area contributed by atoms with E-state index in [9.17, 15) is 0 Å². The number of fused-ring (bicyclic) bond motifs is 10. The number of benzene rings is 6. The topological polar surface area (TPSA) is 9.86 Å². The molecule has 4 aliphatic rings. The van der Waals surface area contributed by atoms with Gasteiger partial charge in [0.25, 0.3) is 0 Å². The Kier molecular flexibility index (Phi) is 7.15. The molecule has 0 bridgehead atoms. The second kappa shape index (κ2) is 12.4. The van der Waals surface area contributed by atoms with Gasteiger partial charge in [-0.15, -0.1) is 0 Å². The molecule has 0 amide bonds. The van der Waals surface area contributed by atoms with E-state index in [1.807, 2.05) is 0 Å². The van der Waals surface area contributed by atoms with Crippen molar-refractivity contribution in [1.29, 1.82) is 0 Å².